The first-order valence-corrected chi connectivity index (χ1v) is 13.3. The van der Waals surface area contributed by atoms with Gasteiger partial charge in [0.15, 0.2) is 0 Å². The summed E-state index contributed by atoms with van der Waals surface area (Å²) in [4.78, 5) is 31.3. The fourth-order valence-electron chi connectivity index (χ4n) is 4.15. The smallest absolute Gasteiger partial charge is 0.243 e. The molecule has 2 saturated heterocycles. The van der Waals surface area contributed by atoms with E-state index in [4.69, 9.17) is 0 Å². The topological polar surface area (TPSA) is 93.3 Å². The fourth-order valence-corrected chi connectivity index (χ4v) is 5.59. The third-order valence-electron chi connectivity index (χ3n) is 6.36. The molecule has 2 heterocycles. The van der Waals surface area contributed by atoms with Crippen LogP contribution in [0.15, 0.2) is 35.2 Å². The van der Waals surface area contributed by atoms with Gasteiger partial charge in [0.05, 0.1) is 4.90 Å². The number of sulfonamides is 1. The highest BCUT2D eigenvalue weighted by atomic mass is 32.2. The van der Waals surface area contributed by atoms with Crippen LogP contribution in [0.3, 0.4) is 0 Å². The third kappa shape index (κ3) is 7.77. The van der Waals surface area contributed by atoms with Crippen molar-refractivity contribution in [1.82, 2.24) is 24.3 Å². The molecule has 33 heavy (non-hydrogen) atoms. The molecule has 2 aliphatic rings. The van der Waals surface area contributed by atoms with Gasteiger partial charge in [-0.15, -0.1) is 0 Å². The second-order valence-electron chi connectivity index (χ2n) is 8.80. The molecule has 0 saturated carbocycles. The molecule has 0 spiro atoms. The molecule has 0 radical (unpaired) electrons. The molecule has 1 aromatic carbocycles. The Hall–Kier alpha value is -2.01. The zero-order valence-corrected chi connectivity index (χ0v) is 20.4. The molecule has 0 bridgehead atoms. The van der Waals surface area contributed by atoms with E-state index in [9.17, 15) is 18.0 Å². The van der Waals surface area contributed by atoms with Crippen LogP contribution < -0.4 is 5.32 Å². The zero-order valence-electron chi connectivity index (χ0n) is 19.6. The van der Waals surface area contributed by atoms with Gasteiger partial charge in [-0.1, -0.05) is 18.2 Å². The van der Waals surface area contributed by atoms with Crippen molar-refractivity contribution in [2.75, 3.05) is 72.5 Å². The van der Waals surface area contributed by atoms with Crippen LogP contribution in [0.1, 0.15) is 25.7 Å². The standard InChI is InChI=1S/C23H37N5O4S/c1-25-13-15-26(16-14-25)12-6-5-11-24-22(29)9-10-23(30)27-17-19-28(20-18-27)33(31,32)21-7-3-2-4-8-21/h2-4,7-8H,5-6,9-20H2,1H3,(H,24,29). The van der Waals surface area contributed by atoms with Crippen molar-refractivity contribution in [3.63, 3.8) is 0 Å². The van der Waals surface area contributed by atoms with Crippen molar-refractivity contribution >= 4 is 21.8 Å². The number of hydrogen-bond donors (Lipinski definition) is 1. The van der Waals surface area contributed by atoms with Gasteiger partial charge in [0.2, 0.25) is 21.8 Å². The quantitative estimate of drug-likeness (QED) is 0.490. The highest BCUT2D eigenvalue weighted by Crippen LogP contribution is 2.17. The summed E-state index contributed by atoms with van der Waals surface area (Å²) in [7, 11) is -1.39. The monoisotopic (exact) mass is 479 g/mol. The molecular weight excluding hydrogens is 442 g/mol. The summed E-state index contributed by atoms with van der Waals surface area (Å²) in [5, 5.41) is 2.91. The van der Waals surface area contributed by atoms with Crippen LogP contribution in [0.2, 0.25) is 0 Å². The molecule has 184 valence electrons. The minimum atomic E-state index is -3.54. The SMILES string of the molecule is CN1CCN(CCCCNC(=O)CCC(=O)N2CCN(S(=O)(=O)c3ccccc3)CC2)CC1. The number of nitrogens with zero attached hydrogens (tertiary/aromatic N) is 4. The number of carbonyl (C=O) groups is 2. The summed E-state index contributed by atoms with van der Waals surface area (Å²) in [5.41, 5.74) is 0. The van der Waals surface area contributed by atoms with Gasteiger partial charge in [-0.2, -0.15) is 4.31 Å². The lowest BCUT2D eigenvalue weighted by Crippen LogP contribution is -2.50. The van der Waals surface area contributed by atoms with Crippen molar-refractivity contribution in [3.05, 3.63) is 30.3 Å². The highest BCUT2D eigenvalue weighted by Gasteiger charge is 2.29. The first-order chi connectivity index (χ1) is 15.9. The van der Waals surface area contributed by atoms with Gasteiger partial charge >= 0.3 is 0 Å². The molecule has 2 aliphatic heterocycles. The van der Waals surface area contributed by atoms with Crippen LogP contribution in [0.4, 0.5) is 0 Å². The van der Waals surface area contributed by atoms with Crippen LogP contribution in [0.5, 0.6) is 0 Å². The van der Waals surface area contributed by atoms with Gasteiger partial charge in [-0.05, 0) is 38.6 Å². The maximum absolute atomic E-state index is 12.7. The second kappa shape index (κ2) is 12.5. The van der Waals surface area contributed by atoms with E-state index in [1.54, 1.807) is 35.2 Å². The normalized spacial score (nSPS) is 18.9. The Labute approximate surface area is 197 Å². The highest BCUT2D eigenvalue weighted by molar-refractivity contribution is 7.89. The predicted molar refractivity (Wildman–Crippen MR) is 127 cm³/mol. The van der Waals surface area contributed by atoms with Gasteiger partial charge < -0.3 is 20.0 Å². The molecule has 1 N–H and O–H groups in total. The summed E-state index contributed by atoms with van der Waals surface area (Å²) < 4.78 is 26.8. The molecular formula is C23H37N5O4S. The lowest BCUT2D eigenvalue weighted by atomic mass is 10.2. The Morgan fingerprint density at radius 3 is 2.21 bits per heavy atom. The zero-order chi connectivity index (χ0) is 23.7. The van der Waals surface area contributed by atoms with E-state index in [0.29, 0.717) is 19.6 Å². The number of carbonyl (C=O) groups excluding carboxylic acids is 2. The average Bonchev–Trinajstić information content (AvgIpc) is 2.84. The minimum Gasteiger partial charge on any atom is -0.356 e. The van der Waals surface area contributed by atoms with Crippen molar-refractivity contribution in [2.45, 2.75) is 30.6 Å². The maximum Gasteiger partial charge on any atom is 0.243 e. The summed E-state index contributed by atoms with van der Waals surface area (Å²) >= 11 is 0. The lowest BCUT2D eigenvalue weighted by Gasteiger charge is -2.34. The predicted octanol–water partition coefficient (Wildman–Crippen LogP) is 0.444. The van der Waals surface area contributed by atoms with E-state index in [2.05, 4.69) is 22.2 Å². The summed E-state index contributed by atoms with van der Waals surface area (Å²) in [6.45, 7) is 7.37. The third-order valence-corrected chi connectivity index (χ3v) is 8.27. The van der Waals surface area contributed by atoms with Crippen LogP contribution in [0.25, 0.3) is 0 Å². The Bertz CT molecular complexity index is 864. The number of hydrogen-bond acceptors (Lipinski definition) is 6. The van der Waals surface area contributed by atoms with E-state index in [0.717, 1.165) is 45.6 Å². The van der Waals surface area contributed by atoms with E-state index >= 15 is 0 Å². The van der Waals surface area contributed by atoms with Crippen molar-refractivity contribution in [2.24, 2.45) is 0 Å². The molecule has 0 unspecified atom stereocenters. The maximum atomic E-state index is 12.7. The molecule has 0 aliphatic carbocycles. The Kier molecular flexibility index (Phi) is 9.66. The second-order valence-corrected chi connectivity index (χ2v) is 10.7. The first kappa shape index (κ1) is 25.6. The van der Waals surface area contributed by atoms with Crippen LogP contribution in [0, 0.1) is 0 Å². The fraction of sp³-hybridized carbons (Fsp3) is 0.652. The minimum absolute atomic E-state index is 0.100. The molecule has 2 amide bonds. The number of amides is 2. The number of benzene rings is 1. The Balaban J connectivity index is 1.27. The summed E-state index contributed by atoms with van der Waals surface area (Å²) in [6, 6.07) is 8.34. The average molecular weight is 480 g/mol. The van der Waals surface area contributed by atoms with E-state index in [1.165, 1.54) is 4.31 Å². The van der Waals surface area contributed by atoms with Gasteiger partial charge in [0.1, 0.15) is 0 Å². The Morgan fingerprint density at radius 1 is 0.879 bits per heavy atom. The molecule has 2 fully saturated rings. The van der Waals surface area contributed by atoms with Gasteiger partial charge in [0, 0.05) is 71.7 Å². The van der Waals surface area contributed by atoms with E-state index < -0.39 is 10.0 Å². The lowest BCUT2D eigenvalue weighted by molar-refractivity contribution is -0.134. The van der Waals surface area contributed by atoms with E-state index in [-0.39, 0.29) is 42.6 Å². The van der Waals surface area contributed by atoms with Crippen LogP contribution in [-0.2, 0) is 19.6 Å². The molecule has 10 heteroatoms. The number of nitrogens with one attached hydrogen (secondary N) is 1. The summed E-state index contributed by atoms with van der Waals surface area (Å²) in [5.74, 6) is -0.204. The van der Waals surface area contributed by atoms with Crippen molar-refractivity contribution < 1.29 is 18.0 Å². The number of piperazine rings is 2. The van der Waals surface area contributed by atoms with Crippen molar-refractivity contribution in [1.29, 1.82) is 0 Å². The number of likely N-dealkylation sites (N-methyl/N-ethyl adjacent to an activating group) is 1. The number of unbranched alkanes of at least 4 members (excludes halogenated alkanes) is 1. The molecule has 0 aromatic heterocycles. The molecule has 0 atom stereocenters. The van der Waals surface area contributed by atoms with Crippen molar-refractivity contribution in [3.8, 4) is 0 Å². The first-order valence-electron chi connectivity index (χ1n) is 11.9. The largest absolute Gasteiger partial charge is 0.356 e. The Morgan fingerprint density at radius 2 is 1.55 bits per heavy atom. The van der Waals surface area contributed by atoms with Crippen LogP contribution in [-0.4, -0.2) is 112 Å². The van der Waals surface area contributed by atoms with Gasteiger partial charge in [-0.3, -0.25) is 9.59 Å². The van der Waals surface area contributed by atoms with Gasteiger partial charge in [-0.25, -0.2) is 8.42 Å². The molecule has 3 rings (SSSR count). The molecule has 9 nitrogen and oxygen atoms in total. The summed E-state index contributed by atoms with van der Waals surface area (Å²) in [6.07, 6.45) is 2.31. The van der Waals surface area contributed by atoms with E-state index in [1.807, 2.05) is 0 Å². The molecule has 1 aromatic rings. The van der Waals surface area contributed by atoms with Crippen LogP contribution >= 0.6 is 0 Å². The number of rotatable bonds is 10. The van der Waals surface area contributed by atoms with Gasteiger partial charge in [0.25, 0.3) is 0 Å².